The van der Waals surface area contributed by atoms with E-state index in [1.54, 1.807) is 18.2 Å². The molecule has 0 amide bonds. The molecule has 0 aliphatic rings. The molecule has 0 bridgehead atoms. The maximum absolute atomic E-state index is 13.7. The minimum atomic E-state index is -0.363. The van der Waals surface area contributed by atoms with Crippen LogP contribution in [0.5, 0.6) is 5.75 Å². The van der Waals surface area contributed by atoms with E-state index in [0.717, 1.165) is 5.75 Å². The summed E-state index contributed by atoms with van der Waals surface area (Å²) in [4.78, 5) is 0. The van der Waals surface area contributed by atoms with Crippen molar-refractivity contribution in [2.24, 2.45) is 0 Å². The van der Waals surface area contributed by atoms with E-state index in [2.05, 4.69) is 5.32 Å². The largest absolute Gasteiger partial charge is 0.492 e. The number of nitrogens with one attached hydrogen (secondary N) is 1. The van der Waals surface area contributed by atoms with Crippen LogP contribution >= 0.6 is 11.6 Å². The maximum Gasteiger partial charge on any atom is 0.146 e. The Morgan fingerprint density at radius 1 is 1.19 bits per heavy atom. The van der Waals surface area contributed by atoms with Crippen LogP contribution in [0, 0.1) is 12.7 Å². The molecule has 21 heavy (non-hydrogen) atoms. The third-order valence-corrected chi connectivity index (χ3v) is 3.49. The first kappa shape index (κ1) is 15.8. The quantitative estimate of drug-likeness (QED) is 0.857. The Labute approximate surface area is 129 Å². The Kier molecular flexibility index (Phi) is 5.59. The summed E-state index contributed by atoms with van der Waals surface area (Å²) in [5, 5.41) is 3.38. The molecule has 0 spiro atoms. The molecule has 0 aliphatic heterocycles. The molecule has 2 rings (SSSR count). The van der Waals surface area contributed by atoms with Gasteiger partial charge in [-0.15, -0.1) is 0 Å². The van der Waals surface area contributed by atoms with Gasteiger partial charge in [0, 0.05) is 18.2 Å². The molecule has 2 aromatic rings. The minimum absolute atomic E-state index is 0.102. The van der Waals surface area contributed by atoms with Crippen LogP contribution in [0.4, 0.5) is 4.39 Å². The summed E-state index contributed by atoms with van der Waals surface area (Å²) in [6, 6.07) is 13.0. The number of hydrogen-bond donors (Lipinski definition) is 1. The Morgan fingerprint density at radius 2 is 1.90 bits per heavy atom. The van der Waals surface area contributed by atoms with Gasteiger partial charge in [-0.3, -0.25) is 0 Å². The van der Waals surface area contributed by atoms with Crippen molar-refractivity contribution in [2.45, 2.75) is 26.4 Å². The molecule has 0 saturated heterocycles. The van der Waals surface area contributed by atoms with Crippen LogP contribution in [0.25, 0.3) is 0 Å². The van der Waals surface area contributed by atoms with Crippen LogP contribution in [-0.2, 0) is 6.54 Å². The number of aryl methyl sites for hydroxylation is 1. The predicted molar refractivity (Wildman–Crippen MR) is 84.4 cm³/mol. The molecule has 1 unspecified atom stereocenters. The number of benzene rings is 2. The number of ether oxygens (including phenoxy) is 1. The molecule has 2 nitrogen and oxygen atoms in total. The SMILES string of the molecule is Cc1ccc(OCC(C)NCc2cccc(Cl)c2F)cc1. The molecular weight excluding hydrogens is 289 g/mol. The van der Waals surface area contributed by atoms with Crippen molar-refractivity contribution in [1.82, 2.24) is 5.32 Å². The van der Waals surface area contributed by atoms with Gasteiger partial charge in [0.15, 0.2) is 0 Å². The van der Waals surface area contributed by atoms with Gasteiger partial charge < -0.3 is 10.1 Å². The summed E-state index contributed by atoms with van der Waals surface area (Å²) in [6.45, 7) is 4.97. The first-order valence-electron chi connectivity index (χ1n) is 6.92. The van der Waals surface area contributed by atoms with Crippen molar-refractivity contribution in [3.63, 3.8) is 0 Å². The van der Waals surface area contributed by atoms with Gasteiger partial charge in [0.2, 0.25) is 0 Å². The highest BCUT2D eigenvalue weighted by atomic mass is 35.5. The van der Waals surface area contributed by atoms with Gasteiger partial charge in [0.1, 0.15) is 18.2 Å². The van der Waals surface area contributed by atoms with Crippen LogP contribution in [-0.4, -0.2) is 12.6 Å². The topological polar surface area (TPSA) is 21.3 Å². The van der Waals surface area contributed by atoms with Crippen molar-refractivity contribution in [1.29, 1.82) is 0 Å². The highest BCUT2D eigenvalue weighted by Crippen LogP contribution is 2.17. The van der Waals surface area contributed by atoms with E-state index >= 15 is 0 Å². The smallest absolute Gasteiger partial charge is 0.146 e. The van der Waals surface area contributed by atoms with Crippen LogP contribution in [0.3, 0.4) is 0 Å². The number of halogens is 2. The molecule has 2 aromatic carbocycles. The van der Waals surface area contributed by atoms with Gasteiger partial charge in [-0.05, 0) is 32.0 Å². The minimum Gasteiger partial charge on any atom is -0.492 e. The van der Waals surface area contributed by atoms with Crippen LogP contribution < -0.4 is 10.1 Å². The molecular formula is C17H19ClFNO. The summed E-state index contributed by atoms with van der Waals surface area (Å²) in [6.07, 6.45) is 0. The van der Waals surface area contributed by atoms with Gasteiger partial charge in [-0.1, -0.05) is 41.4 Å². The second-order valence-corrected chi connectivity index (χ2v) is 5.53. The lowest BCUT2D eigenvalue weighted by atomic mass is 10.2. The molecule has 4 heteroatoms. The van der Waals surface area contributed by atoms with Crippen molar-refractivity contribution in [3.05, 3.63) is 64.4 Å². The normalized spacial score (nSPS) is 12.2. The third kappa shape index (κ3) is 4.73. The molecule has 1 atom stereocenters. The first-order valence-corrected chi connectivity index (χ1v) is 7.30. The monoisotopic (exact) mass is 307 g/mol. The van der Waals surface area contributed by atoms with E-state index in [-0.39, 0.29) is 16.9 Å². The summed E-state index contributed by atoms with van der Waals surface area (Å²) in [5.74, 6) is 0.474. The molecule has 112 valence electrons. The molecule has 0 fully saturated rings. The van der Waals surface area contributed by atoms with E-state index in [1.165, 1.54) is 5.56 Å². The lowest BCUT2D eigenvalue weighted by Gasteiger charge is -2.15. The van der Waals surface area contributed by atoms with E-state index < -0.39 is 0 Å². The highest BCUT2D eigenvalue weighted by molar-refractivity contribution is 6.30. The maximum atomic E-state index is 13.7. The second kappa shape index (κ2) is 7.43. The predicted octanol–water partition coefficient (Wildman–Crippen LogP) is 4.34. The first-order chi connectivity index (χ1) is 10.1. The molecule has 1 N–H and O–H groups in total. The Hall–Kier alpha value is -1.58. The summed E-state index contributed by atoms with van der Waals surface area (Å²) >= 11 is 5.76. The zero-order valence-corrected chi connectivity index (χ0v) is 13.0. The fourth-order valence-electron chi connectivity index (χ4n) is 1.88. The summed E-state index contributed by atoms with van der Waals surface area (Å²) < 4.78 is 19.4. The Balaban J connectivity index is 1.80. The zero-order valence-electron chi connectivity index (χ0n) is 12.2. The molecule has 0 aromatic heterocycles. The molecule has 0 saturated carbocycles. The third-order valence-electron chi connectivity index (χ3n) is 3.19. The van der Waals surface area contributed by atoms with Gasteiger partial charge >= 0.3 is 0 Å². The fourth-order valence-corrected chi connectivity index (χ4v) is 2.08. The van der Waals surface area contributed by atoms with E-state index in [1.807, 2.05) is 38.1 Å². The molecule has 0 heterocycles. The average Bonchev–Trinajstić information content (AvgIpc) is 2.48. The number of rotatable bonds is 6. The lowest BCUT2D eigenvalue weighted by molar-refractivity contribution is 0.272. The van der Waals surface area contributed by atoms with Crippen LogP contribution in [0.15, 0.2) is 42.5 Å². The van der Waals surface area contributed by atoms with Crippen molar-refractivity contribution in [3.8, 4) is 5.75 Å². The van der Waals surface area contributed by atoms with Crippen molar-refractivity contribution >= 4 is 11.6 Å². The van der Waals surface area contributed by atoms with Crippen LogP contribution in [0.2, 0.25) is 5.02 Å². The fraction of sp³-hybridized carbons (Fsp3) is 0.294. The highest BCUT2D eigenvalue weighted by Gasteiger charge is 2.08. The van der Waals surface area contributed by atoms with Gasteiger partial charge in [-0.25, -0.2) is 4.39 Å². The molecule has 0 aliphatic carbocycles. The van der Waals surface area contributed by atoms with Crippen molar-refractivity contribution < 1.29 is 9.13 Å². The Bertz CT molecular complexity index is 586. The van der Waals surface area contributed by atoms with Gasteiger partial charge in [-0.2, -0.15) is 0 Å². The van der Waals surface area contributed by atoms with Crippen LogP contribution in [0.1, 0.15) is 18.1 Å². The summed E-state index contributed by atoms with van der Waals surface area (Å²) in [5.41, 5.74) is 1.76. The van der Waals surface area contributed by atoms with E-state index in [9.17, 15) is 4.39 Å². The lowest BCUT2D eigenvalue weighted by Crippen LogP contribution is -2.31. The second-order valence-electron chi connectivity index (χ2n) is 5.12. The van der Waals surface area contributed by atoms with E-state index in [0.29, 0.717) is 18.7 Å². The molecule has 0 radical (unpaired) electrons. The zero-order chi connectivity index (χ0) is 15.2. The number of hydrogen-bond acceptors (Lipinski definition) is 2. The standard InChI is InChI=1S/C17H19ClFNO/c1-12-6-8-15(9-7-12)21-11-13(2)20-10-14-4-3-5-16(18)17(14)19/h3-9,13,20H,10-11H2,1-2H3. The average molecular weight is 308 g/mol. The Morgan fingerprint density at radius 3 is 2.62 bits per heavy atom. The van der Waals surface area contributed by atoms with Gasteiger partial charge in [0.25, 0.3) is 0 Å². The van der Waals surface area contributed by atoms with Gasteiger partial charge in [0.05, 0.1) is 5.02 Å². The summed E-state index contributed by atoms with van der Waals surface area (Å²) in [7, 11) is 0. The van der Waals surface area contributed by atoms with Crippen molar-refractivity contribution in [2.75, 3.05) is 6.61 Å². The van der Waals surface area contributed by atoms with E-state index in [4.69, 9.17) is 16.3 Å².